The lowest BCUT2D eigenvalue weighted by molar-refractivity contribution is -0.140. The lowest BCUT2D eigenvalue weighted by atomic mass is 9.95. The number of benzene rings is 1. The van der Waals surface area contributed by atoms with Crippen LogP contribution in [0.1, 0.15) is 43.8 Å². The predicted molar refractivity (Wildman–Crippen MR) is 120 cm³/mol. The zero-order chi connectivity index (χ0) is 22.8. The SMILES string of the molecule is CN1C(=O)C2C(SCC(=O)NC3CCCCC3)NC(c3ccc(F)cc3)NC2N(C)C1=O. The van der Waals surface area contributed by atoms with Gasteiger partial charge in [-0.3, -0.25) is 25.1 Å². The number of hydrogen-bond donors (Lipinski definition) is 3. The standard InChI is InChI=1S/C22H30FN5O3S/c1-27-19-17(21(30)28(2)22(27)31)20(26-18(25-19)13-8-10-14(23)11-9-13)32-12-16(29)24-15-6-4-3-5-7-15/h8-11,15,17-20,25-26H,3-7,12H2,1-2H3,(H,24,29). The first-order valence-electron chi connectivity index (χ1n) is 11.1. The number of urea groups is 1. The highest BCUT2D eigenvalue weighted by Gasteiger charge is 2.51. The summed E-state index contributed by atoms with van der Waals surface area (Å²) in [5, 5.41) is 9.42. The monoisotopic (exact) mass is 463 g/mol. The van der Waals surface area contributed by atoms with Crippen LogP contribution in [-0.4, -0.2) is 65.1 Å². The van der Waals surface area contributed by atoms with Crippen molar-refractivity contribution >= 4 is 29.6 Å². The largest absolute Gasteiger partial charge is 0.353 e. The number of imide groups is 1. The molecule has 4 rings (SSSR count). The summed E-state index contributed by atoms with van der Waals surface area (Å²) >= 11 is 1.37. The Morgan fingerprint density at radius 2 is 1.81 bits per heavy atom. The number of carbonyl (C=O) groups excluding carboxylic acids is 3. The van der Waals surface area contributed by atoms with E-state index in [0.29, 0.717) is 0 Å². The molecular weight excluding hydrogens is 433 g/mol. The summed E-state index contributed by atoms with van der Waals surface area (Å²) in [5.74, 6) is -1.03. The van der Waals surface area contributed by atoms with E-state index in [4.69, 9.17) is 0 Å². The van der Waals surface area contributed by atoms with Crippen LogP contribution in [0.15, 0.2) is 24.3 Å². The van der Waals surface area contributed by atoms with Gasteiger partial charge in [0.1, 0.15) is 5.82 Å². The average Bonchev–Trinajstić information content (AvgIpc) is 2.80. The third-order valence-corrected chi connectivity index (χ3v) is 7.74. The number of carbonyl (C=O) groups is 3. The zero-order valence-electron chi connectivity index (χ0n) is 18.3. The summed E-state index contributed by atoms with van der Waals surface area (Å²) in [7, 11) is 3.13. The number of rotatable bonds is 5. The van der Waals surface area contributed by atoms with E-state index >= 15 is 0 Å². The highest BCUT2D eigenvalue weighted by atomic mass is 32.2. The summed E-state index contributed by atoms with van der Waals surface area (Å²) in [5.41, 5.74) is 0.786. The maximum atomic E-state index is 13.4. The molecule has 4 atom stereocenters. The molecule has 3 N–H and O–H groups in total. The summed E-state index contributed by atoms with van der Waals surface area (Å²) in [6, 6.07) is 5.91. The Kier molecular flexibility index (Phi) is 7.02. The number of thioether (sulfide) groups is 1. The molecule has 0 spiro atoms. The van der Waals surface area contributed by atoms with Gasteiger partial charge in [0.25, 0.3) is 0 Å². The molecule has 8 nitrogen and oxygen atoms in total. The smallest absolute Gasteiger partial charge is 0.327 e. The van der Waals surface area contributed by atoms with Gasteiger partial charge in [-0.1, -0.05) is 31.4 Å². The van der Waals surface area contributed by atoms with Crippen molar-refractivity contribution in [3.63, 3.8) is 0 Å². The number of nitrogens with zero attached hydrogens (tertiary/aromatic N) is 2. The van der Waals surface area contributed by atoms with Gasteiger partial charge in [-0.15, -0.1) is 11.8 Å². The minimum absolute atomic E-state index is 0.0434. The molecule has 4 amide bonds. The van der Waals surface area contributed by atoms with Crippen LogP contribution in [-0.2, 0) is 9.59 Å². The lowest BCUT2D eigenvalue weighted by Gasteiger charge is -2.50. The third-order valence-electron chi connectivity index (χ3n) is 6.52. The Morgan fingerprint density at radius 3 is 2.50 bits per heavy atom. The van der Waals surface area contributed by atoms with Gasteiger partial charge in [0.2, 0.25) is 11.8 Å². The fourth-order valence-electron chi connectivity index (χ4n) is 4.73. The summed E-state index contributed by atoms with van der Waals surface area (Å²) in [6.45, 7) is 0. The van der Waals surface area contributed by atoms with E-state index in [1.807, 2.05) is 0 Å². The first-order valence-corrected chi connectivity index (χ1v) is 12.1. The second kappa shape index (κ2) is 9.76. The molecule has 1 aromatic carbocycles. The molecule has 3 fully saturated rings. The van der Waals surface area contributed by atoms with E-state index in [0.717, 1.165) is 36.1 Å². The molecule has 3 aliphatic rings. The molecule has 2 heterocycles. The van der Waals surface area contributed by atoms with E-state index in [2.05, 4.69) is 16.0 Å². The maximum Gasteiger partial charge on any atom is 0.327 e. The van der Waals surface area contributed by atoms with Crippen LogP contribution in [0.2, 0.25) is 0 Å². The van der Waals surface area contributed by atoms with Crippen LogP contribution in [0.25, 0.3) is 0 Å². The van der Waals surface area contributed by atoms with Gasteiger partial charge in [0.05, 0.1) is 29.4 Å². The molecule has 1 aromatic rings. The third kappa shape index (κ3) is 4.77. The molecule has 32 heavy (non-hydrogen) atoms. The van der Waals surface area contributed by atoms with Crippen LogP contribution in [0.4, 0.5) is 9.18 Å². The second-order valence-electron chi connectivity index (χ2n) is 8.71. The van der Waals surface area contributed by atoms with Crippen molar-refractivity contribution in [2.24, 2.45) is 5.92 Å². The van der Waals surface area contributed by atoms with Crippen molar-refractivity contribution in [1.82, 2.24) is 25.8 Å². The molecule has 1 saturated carbocycles. The van der Waals surface area contributed by atoms with Gasteiger partial charge in [-0.25, -0.2) is 9.18 Å². The molecule has 0 bridgehead atoms. The summed E-state index contributed by atoms with van der Waals surface area (Å²) < 4.78 is 13.4. The normalized spacial score (nSPS) is 29.1. The van der Waals surface area contributed by atoms with Crippen molar-refractivity contribution in [3.05, 3.63) is 35.6 Å². The molecule has 1 aliphatic carbocycles. The van der Waals surface area contributed by atoms with Gasteiger partial charge in [-0.05, 0) is 30.5 Å². The Balaban J connectivity index is 1.50. The van der Waals surface area contributed by atoms with Crippen molar-refractivity contribution in [2.75, 3.05) is 19.8 Å². The van der Waals surface area contributed by atoms with Crippen molar-refractivity contribution in [2.45, 2.75) is 55.9 Å². The molecule has 2 saturated heterocycles. The summed E-state index contributed by atoms with van der Waals surface area (Å²) in [6.07, 6.45) is 4.57. The zero-order valence-corrected chi connectivity index (χ0v) is 19.2. The predicted octanol–water partition coefficient (Wildman–Crippen LogP) is 1.99. The highest BCUT2D eigenvalue weighted by Crippen LogP contribution is 2.34. The Labute approximate surface area is 191 Å². The number of halogens is 1. The van der Waals surface area contributed by atoms with Gasteiger partial charge in [0, 0.05) is 20.1 Å². The van der Waals surface area contributed by atoms with Crippen LogP contribution in [0.5, 0.6) is 0 Å². The summed E-state index contributed by atoms with van der Waals surface area (Å²) in [4.78, 5) is 40.8. The van der Waals surface area contributed by atoms with E-state index in [9.17, 15) is 18.8 Å². The van der Waals surface area contributed by atoms with Gasteiger partial charge >= 0.3 is 6.03 Å². The van der Waals surface area contributed by atoms with Crippen LogP contribution < -0.4 is 16.0 Å². The van der Waals surface area contributed by atoms with E-state index in [-0.39, 0.29) is 35.5 Å². The molecule has 174 valence electrons. The molecule has 0 radical (unpaired) electrons. The Hall–Kier alpha value is -2.17. The maximum absolute atomic E-state index is 13.4. The van der Waals surface area contributed by atoms with E-state index in [1.165, 1.54) is 42.3 Å². The Morgan fingerprint density at radius 1 is 1.12 bits per heavy atom. The number of hydrogen-bond acceptors (Lipinski definition) is 6. The molecule has 10 heteroatoms. The average molecular weight is 464 g/mol. The molecule has 2 aliphatic heterocycles. The lowest BCUT2D eigenvalue weighted by Crippen LogP contribution is -2.72. The number of amides is 4. The fraction of sp³-hybridized carbons (Fsp3) is 0.591. The van der Waals surface area contributed by atoms with Gasteiger partial charge in [0.15, 0.2) is 0 Å². The van der Waals surface area contributed by atoms with Crippen LogP contribution >= 0.6 is 11.8 Å². The molecule has 0 aromatic heterocycles. The van der Waals surface area contributed by atoms with Crippen molar-refractivity contribution < 1.29 is 18.8 Å². The molecule has 4 unspecified atom stereocenters. The second-order valence-corrected chi connectivity index (χ2v) is 9.84. The van der Waals surface area contributed by atoms with E-state index in [1.54, 1.807) is 19.2 Å². The van der Waals surface area contributed by atoms with Crippen molar-refractivity contribution in [3.8, 4) is 0 Å². The van der Waals surface area contributed by atoms with E-state index < -0.39 is 23.6 Å². The molecular formula is C22H30FN5O3S. The number of fused-ring (bicyclic) bond motifs is 1. The highest BCUT2D eigenvalue weighted by molar-refractivity contribution is 8.00. The number of nitrogens with one attached hydrogen (secondary N) is 3. The first kappa shape index (κ1) is 23.0. The minimum atomic E-state index is -0.563. The van der Waals surface area contributed by atoms with Gasteiger partial charge < -0.3 is 10.2 Å². The van der Waals surface area contributed by atoms with Gasteiger partial charge in [-0.2, -0.15) is 0 Å². The quantitative estimate of drug-likeness (QED) is 0.619. The fourth-order valence-corrected chi connectivity index (χ4v) is 5.85. The first-order chi connectivity index (χ1) is 15.3. The Bertz CT molecular complexity index is 864. The van der Waals surface area contributed by atoms with Crippen LogP contribution in [0, 0.1) is 11.7 Å². The van der Waals surface area contributed by atoms with Crippen LogP contribution in [0.3, 0.4) is 0 Å². The minimum Gasteiger partial charge on any atom is -0.353 e. The van der Waals surface area contributed by atoms with Crippen molar-refractivity contribution in [1.29, 1.82) is 0 Å². The topological polar surface area (TPSA) is 93.8 Å².